The number of hydrogen-bond acceptors (Lipinski definition) is 4. The molecule has 0 amide bonds. The lowest BCUT2D eigenvalue weighted by molar-refractivity contribution is 0.0381. The molecule has 1 aliphatic rings. The Bertz CT molecular complexity index is 546. The summed E-state index contributed by atoms with van der Waals surface area (Å²) < 4.78 is 23.5. The van der Waals surface area contributed by atoms with Crippen LogP contribution in [-0.2, 0) is 9.84 Å². The van der Waals surface area contributed by atoms with Gasteiger partial charge in [-0.2, -0.15) is 0 Å². The standard InChI is InChI=1S/C15H23NO3S/c1-20(18,19)14-9-5-4-8-13(14)16-12-15(17)10-6-2-3-7-11-15/h4-5,8-9,16-17H,2-3,6-7,10-12H2,1H3. The van der Waals surface area contributed by atoms with Crippen LogP contribution in [0, 0.1) is 0 Å². The molecule has 2 rings (SSSR count). The Morgan fingerprint density at radius 1 is 1.15 bits per heavy atom. The summed E-state index contributed by atoms with van der Waals surface area (Å²) in [5.41, 5.74) is -0.145. The summed E-state index contributed by atoms with van der Waals surface area (Å²) in [6.07, 6.45) is 7.16. The molecule has 0 atom stereocenters. The van der Waals surface area contributed by atoms with E-state index in [2.05, 4.69) is 5.32 Å². The first-order valence-electron chi connectivity index (χ1n) is 7.16. The summed E-state index contributed by atoms with van der Waals surface area (Å²) in [4.78, 5) is 0.289. The molecule has 0 spiro atoms. The van der Waals surface area contributed by atoms with Gasteiger partial charge in [-0.3, -0.25) is 0 Å². The first-order valence-corrected chi connectivity index (χ1v) is 9.05. The van der Waals surface area contributed by atoms with Crippen molar-refractivity contribution in [2.45, 2.75) is 49.0 Å². The highest BCUT2D eigenvalue weighted by Crippen LogP contribution is 2.28. The number of para-hydroxylation sites is 1. The number of hydrogen-bond donors (Lipinski definition) is 2. The van der Waals surface area contributed by atoms with E-state index < -0.39 is 15.4 Å². The Balaban J connectivity index is 2.11. The summed E-state index contributed by atoms with van der Waals surface area (Å²) in [7, 11) is -3.26. The fraction of sp³-hybridized carbons (Fsp3) is 0.600. The molecule has 0 saturated heterocycles. The maximum Gasteiger partial charge on any atom is 0.177 e. The lowest BCUT2D eigenvalue weighted by atomic mass is 9.94. The van der Waals surface area contributed by atoms with Gasteiger partial charge in [0.25, 0.3) is 0 Å². The normalized spacial score (nSPS) is 19.3. The van der Waals surface area contributed by atoms with Crippen molar-refractivity contribution in [3.63, 3.8) is 0 Å². The molecule has 0 bridgehead atoms. The maximum atomic E-state index is 11.7. The lowest BCUT2D eigenvalue weighted by Crippen LogP contribution is -2.36. The van der Waals surface area contributed by atoms with E-state index in [-0.39, 0.29) is 4.90 Å². The van der Waals surface area contributed by atoms with E-state index in [1.54, 1.807) is 24.3 Å². The van der Waals surface area contributed by atoms with Crippen molar-refractivity contribution in [1.29, 1.82) is 0 Å². The van der Waals surface area contributed by atoms with Crippen molar-refractivity contribution < 1.29 is 13.5 Å². The van der Waals surface area contributed by atoms with Crippen LogP contribution in [0.15, 0.2) is 29.2 Å². The van der Waals surface area contributed by atoms with Gasteiger partial charge in [0.05, 0.1) is 16.2 Å². The van der Waals surface area contributed by atoms with Gasteiger partial charge in [0, 0.05) is 12.8 Å². The molecule has 0 unspecified atom stereocenters. The van der Waals surface area contributed by atoms with Crippen LogP contribution in [0.4, 0.5) is 5.69 Å². The molecule has 1 aliphatic carbocycles. The minimum Gasteiger partial charge on any atom is -0.388 e. The van der Waals surface area contributed by atoms with Crippen LogP contribution < -0.4 is 5.32 Å². The van der Waals surface area contributed by atoms with Crippen LogP contribution in [-0.4, -0.2) is 31.9 Å². The molecule has 1 fully saturated rings. The second kappa shape index (κ2) is 6.14. The van der Waals surface area contributed by atoms with Gasteiger partial charge in [0.1, 0.15) is 0 Å². The molecule has 112 valence electrons. The van der Waals surface area contributed by atoms with Crippen LogP contribution >= 0.6 is 0 Å². The Hall–Kier alpha value is -1.07. The zero-order valence-electron chi connectivity index (χ0n) is 11.9. The Morgan fingerprint density at radius 2 is 1.75 bits per heavy atom. The molecular formula is C15H23NO3S. The summed E-state index contributed by atoms with van der Waals surface area (Å²) in [6, 6.07) is 6.85. The van der Waals surface area contributed by atoms with Gasteiger partial charge in [0.15, 0.2) is 9.84 Å². The molecule has 0 heterocycles. The highest BCUT2D eigenvalue weighted by Gasteiger charge is 2.28. The van der Waals surface area contributed by atoms with Crippen LogP contribution in [0.2, 0.25) is 0 Å². The molecule has 0 radical (unpaired) electrons. The van der Waals surface area contributed by atoms with Crippen molar-refractivity contribution in [3.05, 3.63) is 24.3 Å². The molecule has 5 heteroatoms. The van der Waals surface area contributed by atoms with Crippen LogP contribution in [0.5, 0.6) is 0 Å². The third-order valence-corrected chi connectivity index (χ3v) is 5.08. The molecule has 20 heavy (non-hydrogen) atoms. The second-order valence-electron chi connectivity index (χ2n) is 5.76. The number of sulfone groups is 1. The van der Waals surface area contributed by atoms with Crippen molar-refractivity contribution in [2.75, 3.05) is 18.1 Å². The molecule has 1 aromatic rings. The molecule has 1 saturated carbocycles. The van der Waals surface area contributed by atoms with Crippen molar-refractivity contribution in [1.82, 2.24) is 0 Å². The third-order valence-electron chi connectivity index (χ3n) is 3.93. The van der Waals surface area contributed by atoms with Crippen LogP contribution in [0.1, 0.15) is 38.5 Å². The predicted molar refractivity (Wildman–Crippen MR) is 80.7 cm³/mol. The minimum absolute atomic E-state index is 0.289. The van der Waals surface area contributed by atoms with Gasteiger partial charge >= 0.3 is 0 Å². The fourth-order valence-electron chi connectivity index (χ4n) is 2.76. The lowest BCUT2D eigenvalue weighted by Gasteiger charge is -2.27. The highest BCUT2D eigenvalue weighted by molar-refractivity contribution is 7.90. The van der Waals surface area contributed by atoms with Gasteiger partial charge in [-0.25, -0.2) is 8.42 Å². The Kier molecular flexibility index (Phi) is 4.70. The average Bonchev–Trinajstić information content (AvgIpc) is 2.61. The molecule has 0 aliphatic heterocycles. The molecule has 4 nitrogen and oxygen atoms in total. The smallest absolute Gasteiger partial charge is 0.177 e. The second-order valence-corrected chi connectivity index (χ2v) is 7.74. The van der Waals surface area contributed by atoms with Gasteiger partial charge < -0.3 is 10.4 Å². The number of rotatable bonds is 4. The summed E-state index contributed by atoms with van der Waals surface area (Å²) >= 11 is 0. The SMILES string of the molecule is CS(=O)(=O)c1ccccc1NCC1(O)CCCCCC1. The van der Waals surface area contributed by atoms with E-state index in [1.165, 1.54) is 19.1 Å². The number of anilines is 1. The quantitative estimate of drug-likeness (QED) is 0.838. The van der Waals surface area contributed by atoms with E-state index in [0.717, 1.165) is 25.7 Å². The van der Waals surface area contributed by atoms with Crippen LogP contribution in [0.25, 0.3) is 0 Å². The molecule has 0 aromatic heterocycles. The van der Waals surface area contributed by atoms with Gasteiger partial charge in [-0.05, 0) is 25.0 Å². The summed E-state index contributed by atoms with van der Waals surface area (Å²) in [5.74, 6) is 0. The topological polar surface area (TPSA) is 66.4 Å². The summed E-state index contributed by atoms with van der Waals surface area (Å²) in [6.45, 7) is 0.402. The monoisotopic (exact) mass is 297 g/mol. The zero-order chi connectivity index (χ0) is 14.6. The van der Waals surface area contributed by atoms with Crippen molar-refractivity contribution in [3.8, 4) is 0 Å². The minimum atomic E-state index is -3.26. The predicted octanol–water partition coefficient (Wildman–Crippen LogP) is 2.59. The van der Waals surface area contributed by atoms with E-state index in [4.69, 9.17) is 0 Å². The van der Waals surface area contributed by atoms with Crippen molar-refractivity contribution >= 4 is 15.5 Å². The van der Waals surface area contributed by atoms with E-state index >= 15 is 0 Å². The van der Waals surface area contributed by atoms with Crippen molar-refractivity contribution in [2.24, 2.45) is 0 Å². The Morgan fingerprint density at radius 3 is 2.35 bits per heavy atom. The van der Waals surface area contributed by atoms with Gasteiger partial charge in [-0.15, -0.1) is 0 Å². The number of aliphatic hydroxyl groups is 1. The number of nitrogens with one attached hydrogen (secondary N) is 1. The fourth-order valence-corrected chi connectivity index (χ4v) is 3.62. The first-order chi connectivity index (χ1) is 9.41. The van der Waals surface area contributed by atoms with Gasteiger partial charge in [0.2, 0.25) is 0 Å². The van der Waals surface area contributed by atoms with E-state index in [0.29, 0.717) is 12.2 Å². The average molecular weight is 297 g/mol. The highest BCUT2D eigenvalue weighted by atomic mass is 32.2. The zero-order valence-corrected chi connectivity index (χ0v) is 12.7. The van der Waals surface area contributed by atoms with Gasteiger partial charge in [-0.1, -0.05) is 37.8 Å². The van der Waals surface area contributed by atoms with Crippen LogP contribution in [0.3, 0.4) is 0 Å². The van der Waals surface area contributed by atoms with E-state index in [1.807, 2.05) is 0 Å². The maximum absolute atomic E-state index is 11.7. The molecule has 2 N–H and O–H groups in total. The summed E-state index contributed by atoms with van der Waals surface area (Å²) in [5, 5.41) is 13.7. The Labute approximate surface area is 121 Å². The largest absolute Gasteiger partial charge is 0.388 e. The first kappa shape index (κ1) is 15.3. The molecular weight excluding hydrogens is 274 g/mol. The van der Waals surface area contributed by atoms with E-state index in [9.17, 15) is 13.5 Å². The molecule has 1 aromatic carbocycles. The third kappa shape index (κ3) is 3.96. The number of benzene rings is 1.